The number of benzene rings is 2. The largest absolute Gasteiger partial charge is 0.491 e. The molecule has 210 valence electrons. The van der Waals surface area contributed by atoms with Crippen molar-refractivity contribution in [3.8, 4) is 5.75 Å². The van der Waals surface area contributed by atoms with Gasteiger partial charge in [-0.25, -0.2) is 10.4 Å². The summed E-state index contributed by atoms with van der Waals surface area (Å²) in [6.07, 6.45) is 3.13. The molecular weight excluding hydrogens is 494 g/mol. The van der Waals surface area contributed by atoms with E-state index in [0.717, 1.165) is 41.1 Å². The van der Waals surface area contributed by atoms with Crippen LogP contribution in [0.1, 0.15) is 51.7 Å². The maximum atomic E-state index is 11.4. The number of amides is 1. The third-order valence-electron chi connectivity index (χ3n) is 6.59. The van der Waals surface area contributed by atoms with Gasteiger partial charge in [0.1, 0.15) is 18.5 Å². The summed E-state index contributed by atoms with van der Waals surface area (Å²) in [6.45, 7) is 11.3. The lowest BCUT2D eigenvalue weighted by Gasteiger charge is -2.28. The molecule has 3 N–H and O–H groups in total. The molecule has 1 amide bonds. The number of hydrazone groups is 1. The van der Waals surface area contributed by atoms with Crippen molar-refractivity contribution in [2.45, 2.75) is 65.1 Å². The van der Waals surface area contributed by atoms with Crippen molar-refractivity contribution in [3.05, 3.63) is 59.9 Å². The van der Waals surface area contributed by atoms with Gasteiger partial charge in [-0.05, 0) is 56.0 Å². The summed E-state index contributed by atoms with van der Waals surface area (Å²) in [4.78, 5) is 16.0. The molecule has 1 aliphatic heterocycles. The maximum Gasteiger partial charge on any atom is 0.240 e. The zero-order chi connectivity index (χ0) is 27.8. The number of fused-ring (bicyclic) bond motifs is 1. The Morgan fingerprint density at radius 3 is 2.64 bits per heavy atom. The lowest BCUT2D eigenvalue weighted by molar-refractivity contribution is -0.121. The van der Waals surface area contributed by atoms with Crippen LogP contribution in [0, 0.1) is 5.92 Å². The predicted molar refractivity (Wildman–Crippen MR) is 153 cm³/mol. The number of aliphatic hydroxyl groups excluding tert-OH is 1. The average molecular weight is 536 g/mol. The van der Waals surface area contributed by atoms with Gasteiger partial charge in [0.15, 0.2) is 0 Å². The van der Waals surface area contributed by atoms with Gasteiger partial charge in [0.05, 0.1) is 29.7 Å². The molecule has 0 fully saturated rings. The Hall–Kier alpha value is -3.27. The Bertz CT molecular complexity index is 1270. The number of nitrogens with one attached hydrogen (secondary N) is 2. The molecule has 1 unspecified atom stereocenters. The fourth-order valence-electron chi connectivity index (χ4n) is 4.44. The van der Waals surface area contributed by atoms with Crippen LogP contribution in [0.25, 0.3) is 11.0 Å². The van der Waals surface area contributed by atoms with E-state index in [2.05, 4.69) is 53.1 Å². The second-order valence-electron chi connectivity index (χ2n) is 11.3. The minimum atomic E-state index is -0.646. The van der Waals surface area contributed by atoms with E-state index >= 15 is 0 Å². The van der Waals surface area contributed by atoms with Crippen molar-refractivity contribution < 1.29 is 19.4 Å². The number of hydrogen-bond acceptors (Lipinski definition) is 7. The quantitative estimate of drug-likeness (QED) is 0.272. The van der Waals surface area contributed by atoms with E-state index in [1.807, 2.05) is 48.8 Å². The first-order valence-electron chi connectivity index (χ1n) is 13.7. The van der Waals surface area contributed by atoms with Crippen LogP contribution in [0.3, 0.4) is 0 Å². The zero-order valence-electron chi connectivity index (χ0n) is 23.4. The molecule has 1 atom stereocenters. The predicted octanol–water partition coefficient (Wildman–Crippen LogP) is 3.67. The van der Waals surface area contributed by atoms with E-state index in [4.69, 9.17) is 9.47 Å². The number of carbonyl (C=O) groups is 1. The summed E-state index contributed by atoms with van der Waals surface area (Å²) in [7, 11) is 0. The summed E-state index contributed by atoms with van der Waals surface area (Å²) >= 11 is 0. The van der Waals surface area contributed by atoms with Gasteiger partial charge in [-0.3, -0.25) is 4.79 Å². The summed E-state index contributed by atoms with van der Waals surface area (Å²) < 4.78 is 13.6. The van der Waals surface area contributed by atoms with Gasteiger partial charge in [0.2, 0.25) is 5.91 Å². The molecular formula is C30H41N5O4. The Morgan fingerprint density at radius 1 is 1.13 bits per heavy atom. The van der Waals surface area contributed by atoms with Gasteiger partial charge in [-0.1, -0.05) is 32.0 Å². The van der Waals surface area contributed by atoms with Gasteiger partial charge >= 0.3 is 0 Å². The molecule has 2 heterocycles. The number of aromatic nitrogens is 2. The summed E-state index contributed by atoms with van der Waals surface area (Å²) in [6, 6.07) is 14.0. The fraction of sp³-hybridized carbons (Fsp3) is 0.500. The van der Waals surface area contributed by atoms with Crippen LogP contribution in [0.4, 0.5) is 0 Å². The normalized spacial score (nSPS) is 14.9. The number of ether oxygens (including phenoxy) is 2. The maximum absolute atomic E-state index is 11.4. The minimum absolute atomic E-state index is 0.0525. The Balaban J connectivity index is 1.23. The van der Waals surface area contributed by atoms with Crippen LogP contribution < -0.4 is 15.5 Å². The van der Waals surface area contributed by atoms with Crippen LogP contribution >= 0.6 is 0 Å². The van der Waals surface area contributed by atoms with Crippen LogP contribution in [-0.2, 0) is 22.5 Å². The van der Waals surface area contributed by atoms with Crippen molar-refractivity contribution in [1.82, 2.24) is 20.3 Å². The third kappa shape index (κ3) is 8.61. The molecule has 4 rings (SSSR count). The van der Waals surface area contributed by atoms with Crippen molar-refractivity contribution in [2.75, 3.05) is 26.4 Å². The molecule has 39 heavy (non-hydrogen) atoms. The van der Waals surface area contributed by atoms with E-state index in [9.17, 15) is 9.90 Å². The molecule has 0 saturated heterocycles. The smallest absolute Gasteiger partial charge is 0.240 e. The fourth-order valence-corrected chi connectivity index (χ4v) is 4.44. The first-order valence-corrected chi connectivity index (χ1v) is 13.7. The van der Waals surface area contributed by atoms with E-state index in [1.165, 1.54) is 5.56 Å². The van der Waals surface area contributed by atoms with E-state index in [1.54, 1.807) is 0 Å². The van der Waals surface area contributed by atoms with Gasteiger partial charge < -0.3 is 24.5 Å². The Kier molecular flexibility index (Phi) is 9.72. The molecule has 0 spiro atoms. The number of β-amino-alcohol motifs (C(OH)–C–C–N with tert-alkyl or cyclic N) is 1. The lowest BCUT2D eigenvalue weighted by Crippen LogP contribution is -2.47. The molecule has 0 saturated carbocycles. The second kappa shape index (κ2) is 13.2. The first-order chi connectivity index (χ1) is 18.7. The molecule has 9 heteroatoms. The first kappa shape index (κ1) is 28.7. The number of nitrogens with zero attached hydrogens (tertiary/aromatic N) is 3. The van der Waals surface area contributed by atoms with E-state index < -0.39 is 6.10 Å². The van der Waals surface area contributed by atoms with Crippen LogP contribution in [0.2, 0.25) is 0 Å². The van der Waals surface area contributed by atoms with Crippen molar-refractivity contribution in [1.29, 1.82) is 0 Å². The molecule has 0 bridgehead atoms. The molecule has 1 aromatic heterocycles. The molecule has 0 aliphatic carbocycles. The molecule has 1 aliphatic rings. The Morgan fingerprint density at radius 2 is 1.92 bits per heavy atom. The highest BCUT2D eigenvalue weighted by atomic mass is 16.5. The van der Waals surface area contributed by atoms with Gasteiger partial charge in [0.25, 0.3) is 0 Å². The Labute approximate surface area is 230 Å². The molecule has 9 nitrogen and oxygen atoms in total. The van der Waals surface area contributed by atoms with E-state index in [-0.39, 0.29) is 18.1 Å². The lowest BCUT2D eigenvalue weighted by atomic mass is 10.0. The third-order valence-corrected chi connectivity index (χ3v) is 6.59. The SMILES string of the molecule is CC(C)COCCc1ccc(OCC(O)CNC(C)(C)Cn2cnc3cc(C4=NNC(=O)CC4)ccc32)cc1. The van der Waals surface area contributed by atoms with Gasteiger partial charge in [-0.15, -0.1) is 0 Å². The van der Waals surface area contributed by atoms with Crippen molar-refractivity contribution >= 4 is 22.7 Å². The highest BCUT2D eigenvalue weighted by Gasteiger charge is 2.21. The van der Waals surface area contributed by atoms with Crippen LogP contribution in [0.15, 0.2) is 53.9 Å². The second-order valence-corrected chi connectivity index (χ2v) is 11.3. The number of aliphatic hydroxyl groups is 1. The molecule has 0 radical (unpaired) electrons. The van der Waals surface area contributed by atoms with Crippen LogP contribution in [-0.4, -0.2) is 64.3 Å². The monoisotopic (exact) mass is 535 g/mol. The number of rotatable bonds is 14. The molecule has 3 aromatic rings. The average Bonchev–Trinajstić information content (AvgIpc) is 3.31. The van der Waals surface area contributed by atoms with Crippen molar-refractivity contribution in [2.24, 2.45) is 11.0 Å². The van der Waals surface area contributed by atoms with Gasteiger partial charge in [0, 0.05) is 43.6 Å². The summed E-state index contributed by atoms with van der Waals surface area (Å²) in [5, 5.41) is 18.2. The highest BCUT2D eigenvalue weighted by molar-refractivity contribution is 6.05. The van der Waals surface area contributed by atoms with E-state index in [0.29, 0.717) is 38.5 Å². The van der Waals surface area contributed by atoms with Gasteiger partial charge in [-0.2, -0.15) is 5.10 Å². The highest BCUT2D eigenvalue weighted by Crippen LogP contribution is 2.20. The van der Waals surface area contributed by atoms with Crippen LogP contribution in [0.5, 0.6) is 5.75 Å². The van der Waals surface area contributed by atoms with Crippen molar-refractivity contribution in [3.63, 3.8) is 0 Å². The molecule has 2 aromatic carbocycles. The number of carbonyl (C=O) groups excluding carboxylic acids is 1. The number of hydrogen-bond donors (Lipinski definition) is 3. The topological polar surface area (TPSA) is 110 Å². The zero-order valence-corrected chi connectivity index (χ0v) is 23.4. The standard InChI is InChI=1S/C30H41N5O4/c1-21(2)17-38-14-13-22-5-8-25(9-6-22)39-18-24(36)16-32-30(3,4)19-35-20-31-27-15-23(7-11-28(27)35)26-10-12-29(37)34-33-26/h5-9,11,15,20-21,24,32,36H,10,12-14,16-19H2,1-4H3,(H,34,37). The minimum Gasteiger partial charge on any atom is -0.491 e. The summed E-state index contributed by atoms with van der Waals surface area (Å²) in [5.41, 5.74) is 7.21. The number of imidazole rings is 1. The summed E-state index contributed by atoms with van der Waals surface area (Å²) in [5.74, 6) is 1.23.